The highest BCUT2D eigenvalue weighted by Gasteiger charge is 2.59. The quantitative estimate of drug-likeness (QED) is 0.423. The third kappa shape index (κ3) is 2.57. The zero-order chi connectivity index (χ0) is 14.3. The van der Waals surface area contributed by atoms with Gasteiger partial charge >= 0.3 is 6.18 Å². The van der Waals surface area contributed by atoms with Crippen molar-refractivity contribution in [1.29, 1.82) is 0 Å². The Labute approximate surface area is 123 Å². The minimum absolute atomic E-state index is 0.0248. The van der Waals surface area contributed by atoms with Gasteiger partial charge in [-0.1, -0.05) is 31.2 Å². The Kier molecular flexibility index (Phi) is 3.77. The molecule has 1 aliphatic carbocycles. The van der Waals surface area contributed by atoms with Crippen LogP contribution in [0.4, 0.5) is 13.2 Å². The molecule has 1 nitrogen and oxygen atoms in total. The van der Waals surface area contributed by atoms with Gasteiger partial charge in [-0.25, -0.2) is 0 Å². The van der Waals surface area contributed by atoms with Crippen LogP contribution in [0.2, 0.25) is 0 Å². The molecule has 0 saturated carbocycles. The molecule has 0 atom stereocenters. The molecule has 1 aromatic rings. The lowest BCUT2D eigenvalue weighted by atomic mass is 9.91. The Morgan fingerprint density at radius 3 is 2.37 bits per heavy atom. The lowest BCUT2D eigenvalue weighted by molar-refractivity contribution is -0.153. The van der Waals surface area contributed by atoms with Crippen LogP contribution in [0, 0.1) is 3.57 Å². The maximum atomic E-state index is 13.0. The molecule has 1 aromatic carbocycles. The molecule has 0 saturated heterocycles. The summed E-state index contributed by atoms with van der Waals surface area (Å²) in [4.78, 5) is 11.8. The van der Waals surface area contributed by atoms with Crippen LogP contribution >= 0.6 is 22.6 Å². The summed E-state index contributed by atoms with van der Waals surface area (Å²) in [5.74, 6) is -0.0248. The molecule has 5 heteroatoms. The number of Topliss-reactive ketones (excluding diaryl/α,β-unsaturated/α-hetero) is 1. The minimum atomic E-state index is -4.31. The van der Waals surface area contributed by atoms with Gasteiger partial charge in [0.1, 0.15) is 5.41 Å². The van der Waals surface area contributed by atoms with Gasteiger partial charge < -0.3 is 0 Å². The highest BCUT2D eigenvalue weighted by Crippen LogP contribution is 2.51. The number of benzene rings is 1. The monoisotopic (exact) mass is 380 g/mol. The Morgan fingerprint density at radius 2 is 1.95 bits per heavy atom. The molecule has 102 valence electrons. The van der Waals surface area contributed by atoms with Gasteiger partial charge in [0.2, 0.25) is 0 Å². The van der Waals surface area contributed by atoms with E-state index in [1.54, 1.807) is 0 Å². The topological polar surface area (TPSA) is 17.1 Å². The van der Waals surface area contributed by atoms with Crippen molar-refractivity contribution < 1.29 is 18.0 Å². The van der Waals surface area contributed by atoms with Crippen molar-refractivity contribution in [2.45, 2.75) is 31.4 Å². The van der Waals surface area contributed by atoms with Gasteiger partial charge in [0.15, 0.2) is 5.78 Å². The normalized spacial score (nSPS) is 16.5. The smallest absolute Gasteiger partial charge is 0.294 e. The summed E-state index contributed by atoms with van der Waals surface area (Å²) in [6.07, 6.45) is -0.883. The molecule has 0 N–H and O–H groups in total. The average molecular weight is 380 g/mol. The van der Waals surface area contributed by atoms with E-state index in [2.05, 4.69) is 0 Å². The number of hydrogen-bond donors (Lipinski definition) is 0. The van der Waals surface area contributed by atoms with Crippen molar-refractivity contribution in [3.05, 3.63) is 45.0 Å². The van der Waals surface area contributed by atoms with Gasteiger partial charge in [0, 0.05) is 15.6 Å². The lowest BCUT2D eigenvalue weighted by Gasteiger charge is -2.21. The highest BCUT2D eigenvalue weighted by molar-refractivity contribution is 14.1. The van der Waals surface area contributed by atoms with Gasteiger partial charge in [-0.05, 0) is 40.6 Å². The van der Waals surface area contributed by atoms with Crippen LogP contribution in [0.15, 0.2) is 30.4 Å². The number of carbonyl (C=O) groups excluding carboxylic acids is 1. The van der Waals surface area contributed by atoms with E-state index < -0.39 is 11.6 Å². The molecular weight excluding hydrogens is 368 g/mol. The molecule has 0 radical (unpaired) electrons. The number of hydrogen-bond acceptors (Lipinski definition) is 1. The summed E-state index contributed by atoms with van der Waals surface area (Å²) < 4.78 is 39.5. The number of rotatable bonds is 4. The summed E-state index contributed by atoms with van der Waals surface area (Å²) in [5, 5.41) is 0. The van der Waals surface area contributed by atoms with E-state index in [0.29, 0.717) is 15.6 Å². The first-order valence-corrected chi connectivity index (χ1v) is 7.00. The first-order valence-electron chi connectivity index (χ1n) is 5.92. The van der Waals surface area contributed by atoms with E-state index >= 15 is 0 Å². The third-order valence-electron chi connectivity index (χ3n) is 3.19. The lowest BCUT2D eigenvalue weighted by Crippen LogP contribution is -2.30. The van der Waals surface area contributed by atoms with Crippen LogP contribution in [-0.4, -0.2) is 12.0 Å². The largest absolute Gasteiger partial charge is 0.405 e. The number of allylic oxidation sites excluding steroid dienone is 2. The fourth-order valence-corrected chi connectivity index (χ4v) is 2.80. The molecule has 19 heavy (non-hydrogen) atoms. The van der Waals surface area contributed by atoms with Crippen molar-refractivity contribution in [2.24, 2.45) is 0 Å². The number of carbonyl (C=O) groups is 1. The van der Waals surface area contributed by atoms with Crippen LogP contribution in [0.25, 0.3) is 0 Å². The Hall–Kier alpha value is -0.850. The van der Waals surface area contributed by atoms with E-state index in [9.17, 15) is 18.0 Å². The maximum absolute atomic E-state index is 13.0. The van der Waals surface area contributed by atoms with Gasteiger partial charge in [-0.15, -0.1) is 0 Å². The summed E-state index contributed by atoms with van der Waals surface area (Å²) in [5.41, 5.74) is -1.24. The van der Waals surface area contributed by atoms with Crippen molar-refractivity contribution in [3.63, 3.8) is 0 Å². The predicted molar refractivity (Wildman–Crippen MR) is 75.3 cm³/mol. The Morgan fingerprint density at radius 1 is 1.32 bits per heavy atom. The molecular formula is C14H12F3IO. The second-order valence-corrected chi connectivity index (χ2v) is 5.73. The molecule has 0 bridgehead atoms. The second-order valence-electron chi connectivity index (χ2n) is 4.57. The molecule has 0 aliphatic heterocycles. The van der Waals surface area contributed by atoms with Crippen LogP contribution in [-0.2, 0) is 5.41 Å². The molecule has 0 amide bonds. The molecule has 0 unspecified atom stereocenters. The van der Waals surface area contributed by atoms with Crippen molar-refractivity contribution in [2.75, 3.05) is 0 Å². The summed E-state index contributed by atoms with van der Waals surface area (Å²) in [7, 11) is 0. The van der Waals surface area contributed by atoms with E-state index in [0.717, 1.165) is 18.6 Å². The number of halogens is 4. The molecule has 0 fully saturated rings. The number of ketones is 1. The van der Waals surface area contributed by atoms with E-state index in [-0.39, 0.29) is 11.3 Å². The summed E-state index contributed by atoms with van der Waals surface area (Å²) >= 11 is 1.92. The Bertz CT molecular complexity index is 540. The average Bonchev–Trinajstić information content (AvgIpc) is 3.09. The molecule has 2 rings (SSSR count). The third-order valence-corrected chi connectivity index (χ3v) is 4.09. The standard InChI is InChI=1S/C14H12F3IO/c1-2-3-12(19)10-5-4-9(8-11(10)18)13(6-7-13)14(15,16)17/h4-8H,2-3H2,1H3. The predicted octanol–water partition coefficient (Wildman–Crippen LogP) is 4.64. The van der Waals surface area contributed by atoms with Gasteiger partial charge in [0.25, 0.3) is 0 Å². The fourth-order valence-electron chi connectivity index (χ4n) is 1.99. The van der Waals surface area contributed by atoms with Crippen molar-refractivity contribution in [1.82, 2.24) is 0 Å². The van der Waals surface area contributed by atoms with E-state index in [1.807, 2.05) is 29.5 Å². The molecule has 0 aromatic heterocycles. The van der Waals surface area contributed by atoms with Gasteiger partial charge in [0.05, 0.1) is 0 Å². The zero-order valence-electron chi connectivity index (χ0n) is 10.2. The van der Waals surface area contributed by atoms with Crippen LogP contribution in [0.5, 0.6) is 0 Å². The molecule has 0 heterocycles. The zero-order valence-corrected chi connectivity index (χ0v) is 12.4. The highest BCUT2D eigenvalue weighted by atomic mass is 127. The first kappa shape index (κ1) is 14.6. The molecule has 0 spiro atoms. The van der Waals surface area contributed by atoms with E-state index in [4.69, 9.17) is 0 Å². The maximum Gasteiger partial charge on any atom is 0.405 e. The Balaban J connectivity index is 2.33. The number of alkyl halides is 3. The fraction of sp³-hybridized carbons (Fsp3) is 0.357. The first-order chi connectivity index (χ1) is 8.82. The van der Waals surface area contributed by atoms with Crippen LogP contribution < -0.4 is 0 Å². The van der Waals surface area contributed by atoms with Crippen molar-refractivity contribution in [3.8, 4) is 0 Å². The minimum Gasteiger partial charge on any atom is -0.294 e. The SMILES string of the molecule is CCCC(=O)c1ccc(C2(C(F)(F)F)C=C2)cc1I. The van der Waals surface area contributed by atoms with E-state index in [1.165, 1.54) is 18.2 Å². The van der Waals surface area contributed by atoms with Gasteiger partial charge in [-0.2, -0.15) is 13.2 Å². The summed E-state index contributed by atoms with van der Waals surface area (Å²) in [6, 6.07) is 4.36. The van der Waals surface area contributed by atoms with Crippen LogP contribution in [0.1, 0.15) is 35.7 Å². The van der Waals surface area contributed by atoms with Crippen LogP contribution in [0.3, 0.4) is 0 Å². The van der Waals surface area contributed by atoms with Crippen molar-refractivity contribution >= 4 is 28.4 Å². The summed E-state index contributed by atoms with van der Waals surface area (Å²) in [6.45, 7) is 1.89. The molecule has 1 aliphatic rings. The van der Waals surface area contributed by atoms with Gasteiger partial charge in [-0.3, -0.25) is 4.79 Å². The second kappa shape index (κ2) is 4.92.